The summed E-state index contributed by atoms with van der Waals surface area (Å²) in [4.78, 5) is 23.4. The molecular formula is C21H17NO4. The molecule has 0 spiro atoms. The van der Waals surface area contributed by atoms with Gasteiger partial charge in [0.25, 0.3) is 5.91 Å². The molecule has 0 saturated carbocycles. The van der Waals surface area contributed by atoms with Crippen LogP contribution in [0.3, 0.4) is 0 Å². The van der Waals surface area contributed by atoms with Crippen molar-refractivity contribution in [2.24, 2.45) is 0 Å². The molecule has 0 bridgehead atoms. The predicted octanol–water partition coefficient (Wildman–Crippen LogP) is 4.14. The van der Waals surface area contributed by atoms with Crippen molar-refractivity contribution in [2.75, 3.05) is 11.9 Å². The Morgan fingerprint density at radius 3 is 2.35 bits per heavy atom. The van der Waals surface area contributed by atoms with Crippen LogP contribution in [0.2, 0.25) is 0 Å². The van der Waals surface area contributed by atoms with E-state index in [0.717, 1.165) is 11.1 Å². The van der Waals surface area contributed by atoms with Gasteiger partial charge in [-0.1, -0.05) is 42.5 Å². The third-order valence-corrected chi connectivity index (χ3v) is 3.55. The van der Waals surface area contributed by atoms with Crippen molar-refractivity contribution in [2.45, 2.75) is 0 Å². The number of hydrogen-bond acceptors (Lipinski definition) is 4. The molecule has 2 aromatic carbocycles. The van der Waals surface area contributed by atoms with Crippen LogP contribution in [0.25, 0.3) is 17.2 Å². The van der Waals surface area contributed by atoms with Crippen LogP contribution < -0.4 is 5.32 Å². The molecule has 0 aliphatic heterocycles. The maximum absolute atomic E-state index is 11.9. The first-order chi connectivity index (χ1) is 12.7. The number of ether oxygens (including phenoxy) is 1. The molecule has 3 rings (SSSR count). The molecule has 1 amide bonds. The second-order valence-electron chi connectivity index (χ2n) is 5.45. The first-order valence-electron chi connectivity index (χ1n) is 8.04. The summed E-state index contributed by atoms with van der Waals surface area (Å²) in [5, 5.41) is 2.69. The molecule has 5 nitrogen and oxygen atoms in total. The van der Waals surface area contributed by atoms with Crippen LogP contribution in [-0.4, -0.2) is 18.5 Å². The minimum Gasteiger partial charge on any atom is -0.465 e. The van der Waals surface area contributed by atoms with Gasteiger partial charge in [0.1, 0.15) is 5.76 Å². The fourth-order valence-electron chi connectivity index (χ4n) is 2.29. The third kappa shape index (κ3) is 4.95. The summed E-state index contributed by atoms with van der Waals surface area (Å²) in [6.45, 7) is -0.359. The standard InChI is InChI=1S/C21H17NO4/c23-20(15-26-21(24)13-12-19-7-4-14-25-19)22-18-10-8-17(9-11-18)16-5-2-1-3-6-16/h1-14H,15H2,(H,22,23)/b13-12+. The van der Waals surface area contributed by atoms with Gasteiger partial charge in [0.2, 0.25) is 0 Å². The number of anilines is 1. The fraction of sp³-hybridized carbons (Fsp3) is 0.0476. The molecule has 3 aromatic rings. The van der Waals surface area contributed by atoms with Gasteiger partial charge in [0, 0.05) is 11.8 Å². The number of carbonyl (C=O) groups excluding carboxylic acids is 2. The van der Waals surface area contributed by atoms with E-state index in [2.05, 4.69) is 5.32 Å². The van der Waals surface area contributed by atoms with E-state index in [4.69, 9.17) is 9.15 Å². The summed E-state index contributed by atoms with van der Waals surface area (Å²) in [5.74, 6) is -0.488. The van der Waals surface area contributed by atoms with Crippen molar-refractivity contribution in [1.29, 1.82) is 0 Å². The van der Waals surface area contributed by atoms with E-state index < -0.39 is 11.9 Å². The summed E-state index contributed by atoms with van der Waals surface area (Å²) < 4.78 is 9.94. The van der Waals surface area contributed by atoms with Gasteiger partial charge in [-0.2, -0.15) is 0 Å². The zero-order valence-electron chi connectivity index (χ0n) is 13.9. The number of rotatable bonds is 6. The highest BCUT2D eigenvalue weighted by Gasteiger charge is 2.06. The minimum absolute atomic E-state index is 0.359. The molecule has 0 saturated heterocycles. The number of benzene rings is 2. The summed E-state index contributed by atoms with van der Waals surface area (Å²) in [6.07, 6.45) is 4.19. The van der Waals surface area contributed by atoms with Crippen LogP contribution in [0.15, 0.2) is 83.5 Å². The van der Waals surface area contributed by atoms with Crippen molar-refractivity contribution < 1.29 is 18.7 Å². The van der Waals surface area contributed by atoms with Crippen LogP contribution in [-0.2, 0) is 14.3 Å². The number of furan rings is 1. The second-order valence-corrected chi connectivity index (χ2v) is 5.45. The number of carbonyl (C=O) groups is 2. The van der Waals surface area contributed by atoms with Crippen LogP contribution in [0, 0.1) is 0 Å². The Morgan fingerprint density at radius 1 is 0.923 bits per heavy atom. The van der Waals surface area contributed by atoms with Crippen molar-refractivity contribution >= 4 is 23.6 Å². The number of hydrogen-bond donors (Lipinski definition) is 1. The predicted molar refractivity (Wildman–Crippen MR) is 99.2 cm³/mol. The lowest BCUT2D eigenvalue weighted by atomic mass is 10.1. The SMILES string of the molecule is O=C(COC(=O)/C=C/c1ccco1)Nc1ccc(-c2ccccc2)cc1. The smallest absolute Gasteiger partial charge is 0.331 e. The van der Waals surface area contributed by atoms with Gasteiger partial charge in [0.05, 0.1) is 6.26 Å². The second kappa shape index (κ2) is 8.48. The van der Waals surface area contributed by atoms with E-state index in [1.165, 1.54) is 18.4 Å². The van der Waals surface area contributed by atoms with E-state index in [-0.39, 0.29) is 6.61 Å². The van der Waals surface area contributed by atoms with Crippen LogP contribution in [0.1, 0.15) is 5.76 Å². The van der Waals surface area contributed by atoms with Crippen LogP contribution >= 0.6 is 0 Å². The zero-order valence-corrected chi connectivity index (χ0v) is 13.9. The summed E-state index contributed by atoms with van der Waals surface area (Å²) in [5.41, 5.74) is 2.79. The summed E-state index contributed by atoms with van der Waals surface area (Å²) in [6, 6.07) is 20.8. The lowest BCUT2D eigenvalue weighted by molar-refractivity contribution is -0.142. The Kier molecular flexibility index (Phi) is 5.62. The maximum atomic E-state index is 11.9. The highest BCUT2D eigenvalue weighted by Crippen LogP contribution is 2.20. The fourth-order valence-corrected chi connectivity index (χ4v) is 2.29. The van der Waals surface area contributed by atoms with Gasteiger partial charge in [-0.3, -0.25) is 4.79 Å². The van der Waals surface area contributed by atoms with E-state index >= 15 is 0 Å². The molecule has 0 aliphatic carbocycles. The van der Waals surface area contributed by atoms with Gasteiger partial charge < -0.3 is 14.5 Å². The Bertz CT molecular complexity index is 882. The molecule has 0 unspecified atom stereocenters. The first-order valence-corrected chi connectivity index (χ1v) is 8.04. The molecule has 1 heterocycles. The molecule has 0 aliphatic rings. The van der Waals surface area contributed by atoms with Gasteiger partial charge in [-0.15, -0.1) is 0 Å². The van der Waals surface area contributed by atoms with Crippen LogP contribution in [0.5, 0.6) is 0 Å². The molecular weight excluding hydrogens is 330 g/mol. The average Bonchev–Trinajstić information content (AvgIpc) is 3.20. The van der Waals surface area contributed by atoms with E-state index in [9.17, 15) is 9.59 Å². The van der Waals surface area contributed by atoms with Crippen LogP contribution in [0.4, 0.5) is 5.69 Å². The molecule has 1 aromatic heterocycles. The van der Waals surface area contributed by atoms with Crippen molar-refractivity contribution in [3.05, 3.63) is 84.8 Å². The lowest BCUT2D eigenvalue weighted by Crippen LogP contribution is -2.20. The topological polar surface area (TPSA) is 68.5 Å². The minimum atomic E-state index is -0.615. The molecule has 1 N–H and O–H groups in total. The molecule has 26 heavy (non-hydrogen) atoms. The summed E-state index contributed by atoms with van der Waals surface area (Å²) in [7, 11) is 0. The Balaban J connectivity index is 1.48. The quantitative estimate of drug-likeness (QED) is 0.537. The molecule has 0 fully saturated rings. The number of nitrogens with one attached hydrogen (secondary N) is 1. The van der Waals surface area contributed by atoms with Gasteiger partial charge in [-0.05, 0) is 41.5 Å². The molecule has 0 atom stereocenters. The van der Waals surface area contributed by atoms with Crippen molar-refractivity contribution in [1.82, 2.24) is 0 Å². The van der Waals surface area contributed by atoms with E-state index in [0.29, 0.717) is 11.4 Å². The molecule has 0 radical (unpaired) electrons. The number of esters is 1. The maximum Gasteiger partial charge on any atom is 0.331 e. The van der Waals surface area contributed by atoms with Crippen molar-refractivity contribution in [3.63, 3.8) is 0 Å². The highest BCUT2D eigenvalue weighted by atomic mass is 16.5. The summed E-state index contributed by atoms with van der Waals surface area (Å²) >= 11 is 0. The molecule has 130 valence electrons. The molecule has 5 heteroatoms. The monoisotopic (exact) mass is 347 g/mol. The van der Waals surface area contributed by atoms with Gasteiger partial charge in [-0.25, -0.2) is 4.79 Å². The largest absolute Gasteiger partial charge is 0.465 e. The van der Waals surface area contributed by atoms with Gasteiger partial charge in [0.15, 0.2) is 6.61 Å². The Labute approximate surface area is 150 Å². The van der Waals surface area contributed by atoms with E-state index in [1.807, 2.05) is 42.5 Å². The van der Waals surface area contributed by atoms with Crippen molar-refractivity contribution in [3.8, 4) is 11.1 Å². The third-order valence-electron chi connectivity index (χ3n) is 3.55. The van der Waals surface area contributed by atoms with Gasteiger partial charge >= 0.3 is 5.97 Å². The normalized spacial score (nSPS) is 10.6. The first kappa shape index (κ1) is 17.2. The average molecular weight is 347 g/mol. The van der Waals surface area contributed by atoms with E-state index in [1.54, 1.807) is 24.3 Å². The Hall–Kier alpha value is -3.60. The number of amides is 1. The lowest BCUT2D eigenvalue weighted by Gasteiger charge is -2.07. The highest BCUT2D eigenvalue weighted by molar-refractivity contribution is 5.94. The Morgan fingerprint density at radius 2 is 1.65 bits per heavy atom. The zero-order chi connectivity index (χ0) is 18.2.